The summed E-state index contributed by atoms with van der Waals surface area (Å²) in [6.45, 7) is 12.0. The molecule has 0 heterocycles. The summed E-state index contributed by atoms with van der Waals surface area (Å²) in [7, 11) is -1.54. The van der Waals surface area contributed by atoms with Gasteiger partial charge in [-0.25, -0.2) is 0 Å². The van der Waals surface area contributed by atoms with Gasteiger partial charge in [-0.2, -0.15) is 0 Å². The average Bonchev–Trinajstić information content (AvgIpc) is 3.31. The Bertz CT molecular complexity index is 541. The highest BCUT2D eigenvalue weighted by Gasteiger charge is 2.52. The summed E-state index contributed by atoms with van der Waals surface area (Å²) < 4.78 is 7.16. The number of hydrogen-bond acceptors (Lipinski definition) is 2. The minimum absolute atomic E-state index is 0.205. The molecule has 3 heteroatoms. The van der Waals surface area contributed by atoms with Crippen LogP contribution in [0.3, 0.4) is 0 Å². The maximum atomic E-state index is 12.5. The molecule has 3 aliphatic rings. The van der Waals surface area contributed by atoms with Gasteiger partial charge in [-0.15, -0.1) is 0 Å². The molecule has 3 rings (SSSR count). The minimum atomic E-state index is -1.54. The summed E-state index contributed by atoms with van der Waals surface area (Å²) in [5.74, 6) is 2.46. The van der Waals surface area contributed by atoms with Gasteiger partial charge < -0.3 is 4.43 Å². The lowest BCUT2D eigenvalue weighted by Gasteiger charge is -2.43. The molecule has 29 heavy (non-hydrogen) atoms. The van der Waals surface area contributed by atoms with Crippen LogP contribution in [0.2, 0.25) is 18.1 Å². The normalized spacial score (nSPS) is 33.1. The molecule has 168 valence electrons. The zero-order valence-corrected chi connectivity index (χ0v) is 21.2. The third-order valence-corrected chi connectivity index (χ3v) is 14.5. The van der Waals surface area contributed by atoms with Crippen LogP contribution in [0.4, 0.5) is 0 Å². The molecule has 0 aromatic rings. The quantitative estimate of drug-likeness (QED) is 0.335. The summed E-state index contributed by atoms with van der Waals surface area (Å²) in [6.07, 6.45) is 14.9. The second kappa shape index (κ2) is 9.55. The average molecular weight is 421 g/mol. The van der Waals surface area contributed by atoms with E-state index in [1.54, 1.807) is 0 Å². The van der Waals surface area contributed by atoms with Crippen molar-refractivity contribution >= 4 is 14.1 Å². The van der Waals surface area contributed by atoms with Gasteiger partial charge in [0, 0.05) is 12.3 Å². The lowest BCUT2D eigenvalue weighted by molar-refractivity contribution is -0.130. The SMILES string of the molecule is CC[Si](CC)(CC)OC1(CCC[C@H](C)C2CC[C@H]3C(=O)CCC[C@]23C)CCCC1. The molecule has 0 spiro atoms. The van der Waals surface area contributed by atoms with E-state index in [9.17, 15) is 4.79 Å². The number of rotatable bonds is 10. The van der Waals surface area contributed by atoms with Gasteiger partial charge in [0.25, 0.3) is 0 Å². The van der Waals surface area contributed by atoms with Gasteiger partial charge >= 0.3 is 0 Å². The Morgan fingerprint density at radius 1 is 1.03 bits per heavy atom. The second-order valence-electron chi connectivity index (χ2n) is 11.2. The Morgan fingerprint density at radius 2 is 1.69 bits per heavy atom. The summed E-state index contributed by atoms with van der Waals surface area (Å²) in [6, 6.07) is 3.82. The molecule has 0 saturated heterocycles. The Morgan fingerprint density at radius 3 is 2.31 bits per heavy atom. The smallest absolute Gasteiger partial charge is 0.192 e. The van der Waals surface area contributed by atoms with E-state index in [0.717, 1.165) is 31.1 Å². The van der Waals surface area contributed by atoms with E-state index in [4.69, 9.17) is 4.43 Å². The Hall–Kier alpha value is -0.153. The number of hydrogen-bond donors (Lipinski definition) is 0. The van der Waals surface area contributed by atoms with Crippen LogP contribution in [-0.4, -0.2) is 19.7 Å². The van der Waals surface area contributed by atoms with E-state index in [1.165, 1.54) is 75.9 Å². The fourth-order valence-electron chi connectivity index (χ4n) is 7.70. The molecular formula is C26H48O2Si. The fraction of sp³-hybridized carbons (Fsp3) is 0.962. The first-order chi connectivity index (χ1) is 13.8. The first-order valence-corrected chi connectivity index (χ1v) is 15.6. The van der Waals surface area contributed by atoms with Crippen molar-refractivity contribution in [1.29, 1.82) is 0 Å². The van der Waals surface area contributed by atoms with E-state index >= 15 is 0 Å². The van der Waals surface area contributed by atoms with E-state index < -0.39 is 8.32 Å². The van der Waals surface area contributed by atoms with Gasteiger partial charge in [-0.3, -0.25) is 4.79 Å². The van der Waals surface area contributed by atoms with Gasteiger partial charge in [0.2, 0.25) is 0 Å². The number of fused-ring (bicyclic) bond motifs is 1. The topological polar surface area (TPSA) is 26.3 Å². The summed E-state index contributed by atoms with van der Waals surface area (Å²) in [5, 5.41) is 0. The van der Waals surface area contributed by atoms with Crippen molar-refractivity contribution in [2.75, 3.05) is 0 Å². The molecule has 0 bridgehead atoms. The summed E-state index contributed by atoms with van der Waals surface area (Å²) >= 11 is 0. The maximum absolute atomic E-state index is 12.5. The lowest BCUT2D eigenvalue weighted by atomic mass is 9.62. The molecule has 0 aromatic heterocycles. The molecule has 3 saturated carbocycles. The van der Waals surface area contributed by atoms with Crippen LogP contribution < -0.4 is 0 Å². The van der Waals surface area contributed by atoms with Crippen molar-refractivity contribution < 1.29 is 9.22 Å². The maximum Gasteiger partial charge on any atom is 0.192 e. The highest BCUT2D eigenvalue weighted by Crippen LogP contribution is 2.57. The van der Waals surface area contributed by atoms with Crippen molar-refractivity contribution in [2.24, 2.45) is 23.2 Å². The standard InChI is InChI=1S/C26H48O2Si/c1-6-29(7-2,8-3)28-26(18-9-10-19-26)20-11-13-21(4)22-15-16-23-24(27)14-12-17-25(22,23)5/h21-23H,6-20H2,1-5H3/t21-,22?,23-,25+/m0/s1. The molecule has 2 nitrogen and oxygen atoms in total. The number of ketones is 1. The Labute approximate surface area is 182 Å². The zero-order valence-electron chi connectivity index (χ0n) is 20.2. The molecule has 0 amide bonds. The van der Waals surface area contributed by atoms with Crippen molar-refractivity contribution in [3.63, 3.8) is 0 Å². The van der Waals surface area contributed by atoms with Gasteiger partial charge in [-0.05, 0) is 80.3 Å². The predicted octanol–water partition coefficient (Wildman–Crippen LogP) is 7.91. The van der Waals surface area contributed by atoms with Crippen LogP contribution in [0.25, 0.3) is 0 Å². The molecule has 0 aromatic carbocycles. The van der Waals surface area contributed by atoms with Crippen molar-refractivity contribution in [3.8, 4) is 0 Å². The minimum Gasteiger partial charge on any atom is -0.411 e. The van der Waals surface area contributed by atoms with E-state index in [0.29, 0.717) is 17.1 Å². The first kappa shape index (κ1) is 23.5. The number of Topliss-reactive ketones (excluding diaryl/α,β-unsaturated/α-hetero) is 1. The van der Waals surface area contributed by atoms with Gasteiger partial charge in [-0.1, -0.05) is 60.3 Å². The largest absolute Gasteiger partial charge is 0.411 e. The van der Waals surface area contributed by atoms with Crippen LogP contribution >= 0.6 is 0 Å². The fourth-order valence-corrected chi connectivity index (χ4v) is 10.9. The van der Waals surface area contributed by atoms with E-state index in [-0.39, 0.29) is 5.60 Å². The third kappa shape index (κ3) is 4.71. The van der Waals surface area contributed by atoms with Crippen LogP contribution in [0, 0.1) is 23.2 Å². The van der Waals surface area contributed by atoms with Crippen LogP contribution in [0.1, 0.15) is 112 Å². The molecule has 3 fully saturated rings. The van der Waals surface area contributed by atoms with E-state index in [1.807, 2.05) is 0 Å². The highest BCUT2D eigenvalue weighted by molar-refractivity contribution is 6.73. The van der Waals surface area contributed by atoms with Crippen LogP contribution in [0.5, 0.6) is 0 Å². The molecule has 4 atom stereocenters. The Balaban J connectivity index is 1.58. The van der Waals surface area contributed by atoms with Crippen molar-refractivity contribution in [3.05, 3.63) is 0 Å². The summed E-state index contributed by atoms with van der Waals surface area (Å²) in [5.41, 5.74) is 0.502. The van der Waals surface area contributed by atoms with Crippen molar-refractivity contribution in [1.82, 2.24) is 0 Å². The second-order valence-corrected chi connectivity index (χ2v) is 15.9. The molecule has 3 aliphatic carbocycles. The predicted molar refractivity (Wildman–Crippen MR) is 126 cm³/mol. The number of carbonyl (C=O) groups excluding carboxylic acids is 1. The molecule has 1 unspecified atom stereocenters. The Kier molecular flexibility index (Phi) is 7.74. The van der Waals surface area contributed by atoms with Gasteiger partial charge in [0.15, 0.2) is 8.32 Å². The lowest BCUT2D eigenvalue weighted by Crippen LogP contribution is -2.46. The first-order valence-electron chi connectivity index (χ1n) is 13.1. The van der Waals surface area contributed by atoms with Gasteiger partial charge in [0.05, 0.1) is 5.60 Å². The third-order valence-electron chi connectivity index (χ3n) is 9.80. The summed E-state index contributed by atoms with van der Waals surface area (Å²) in [4.78, 5) is 12.5. The van der Waals surface area contributed by atoms with Gasteiger partial charge in [0.1, 0.15) is 5.78 Å². The number of carbonyl (C=O) groups is 1. The van der Waals surface area contributed by atoms with E-state index in [2.05, 4.69) is 34.6 Å². The monoisotopic (exact) mass is 420 g/mol. The molecule has 0 aliphatic heterocycles. The molecular weight excluding hydrogens is 372 g/mol. The molecule has 0 N–H and O–H groups in total. The van der Waals surface area contributed by atoms with Crippen LogP contribution in [0.15, 0.2) is 0 Å². The molecule has 0 radical (unpaired) electrons. The van der Waals surface area contributed by atoms with Crippen LogP contribution in [-0.2, 0) is 9.22 Å². The highest BCUT2D eigenvalue weighted by atomic mass is 28.4. The van der Waals surface area contributed by atoms with Crippen molar-refractivity contribution in [2.45, 2.75) is 135 Å². The zero-order chi connectivity index (χ0) is 21.1.